The van der Waals surface area contributed by atoms with E-state index in [4.69, 9.17) is 5.73 Å². The lowest BCUT2D eigenvalue weighted by Crippen LogP contribution is -2.29. The van der Waals surface area contributed by atoms with Gasteiger partial charge in [-0.2, -0.15) is 0 Å². The maximum absolute atomic E-state index is 6.05. The highest BCUT2D eigenvalue weighted by atomic mass is 79.9. The zero-order valence-corrected chi connectivity index (χ0v) is 13.2. The first-order valence-corrected chi connectivity index (χ1v) is 7.75. The van der Waals surface area contributed by atoms with Gasteiger partial charge in [0, 0.05) is 30.1 Å². The molecule has 1 atom stereocenters. The maximum atomic E-state index is 6.05. The summed E-state index contributed by atoms with van der Waals surface area (Å²) in [5.41, 5.74) is 11.5. The van der Waals surface area contributed by atoms with Gasteiger partial charge < -0.3 is 5.73 Å². The number of rotatable bonds is 3. The van der Waals surface area contributed by atoms with Crippen LogP contribution in [0.1, 0.15) is 28.3 Å². The van der Waals surface area contributed by atoms with E-state index in [0.29, 0.717) is 6.54 Å². The Kier molecular flexibility index (Phi) is 3.92. The lowest BCUT2D eigenvalue weighted by Gasteiger charge is -2.27. The summed E-state index contributed by atoms with van der Waals surface area (Å²) < 4.78 is 1.15. The molecule has 104 valence electrons. The third-order valence-electron chi connectivity index (χ3n) is 4.10. The van der Waals surface area contributed by atoms with Gasteiger partial charge in [0.05, 0.1) is 0 Å². The molecule has 0 saturated carbocycles. The summed E-state index contributed by atoms with van der Waals surface area (Å²) >= 11 is 3.56. The van der Waals surface area contributed by atoms with Crippen LogP contribution in [0.4, 0.5) is 0 Å². The molecule has 1 aliphatic rings. The first-order chi connectivity index (χ1) is 9.69. The number of aryl methyl sites for hydroxylation is 1. The fourth-order valence-electron chi connectivity index (χ4n) is 2.95. The summed E-state index contributed by atoms with van der Waals surface area (Å²) in [6, 6.07) is 15.5. The first kappa shape index (κ1) is 13.8. The van der Waals surface area contributed by atoms with Gasteiger partial charge in [-0.05, 0) is 35.2 Å². The molecule has 2 aromatic carbocycles. The van der Waals surface area contributed by atoms with E-state index >= 15 is 0 Å². The predicted octanol–water partition coefficient (Wildman–Crippen LogP) is 3.77. The molecule has 2 nitrogen and oxygen atoms in total. The van der Waals surface area contributed by atoms with Crippen molar-refractivity contribution >= 4 is 15.9 Å². The molecule has 0 fully saturated rings. The van der Waals surface area contributed by atoms with Crippen molar-refractivity contribution in [2.45, 2.75) is 26.1 Å². The topological polar surface area (TPSA) is 29.3 Å². The lowest BCUT2D eigenvalue weighted by atomic mass is 10.0. The van der Waals surface area contributed by atoms with Crippen molar-refractivity contribution in [2.75, 3.05) is 6.54 Å². The highest BCUT2D eigenvalue weighted by Crippen LogP contribution is 2.32. The average Bonchev–Trinajstić information content (AvgIpc) is 2.87. The first-order valence-electron chi connectivity index (χ1n) is 6.96. The second-order valence-electron chi connectivity index (χ2n) is 5.43. The number of hydrogen-bond donors (Lipinski definition) is 1. The van der Waals surface area contributed by atoms with Crippen molar-refractivity contribution in [3.8, 4) is 0 Å². The van der Waals surface area contributed by atoms with Crippen molar-refractivity contribution < 1.29 is 0 Å². The number of nitrogens with zero attached hydrogens (tertiary/aromatic N) is 1. The molecule has 0 amide bonds. The highest BCUT2D eigenvalue weighted by Gasteiger charge is 2.25. The van der Waals surface area contributed by atoms with Crippen LogP contribution in [0.3, 0.4) is 0 Å². The molecule has 0 aromatic heterocycles. The van der Waals surface area contributed by atoms with Crippen LogP contribution in [0.5, 0.6) is 0 Å². The van der Waals surface area contributed by atoms with E-state index in [1.54, 1.807) is 0 Å². The van der Waals surface area contributed by atoms with Gasteiger partial charge in [0.1, 0.15) is 0 Å². The zero-order chi connectivity index (χ0) is 14.1. The second-order valence-corrected chi connectivity index (χ2v) is 6.29. The Labute approximate surface area is 128 Å². The van der Waals surface area contributed by atoms with Gasteiger partial charge >= 0.3 is 0 Å². The smallest absolute Gasteiger partial charge is 0.0477 e. The van der Waals surface area contributed by atoms with Gasteiger partial charge in [0.15, 0.2) is 0 Å². The van der Waals surface area contributed by atoms with Crippen LogP contribution in [-0.2, 0) is 13.1 Å². The molecule has 1 aliphatic heterocycles. The second kappa shape index (κ2) is 5.68. The Bertz CT molecular complexity index is 599. The average molecular weight is 331 g/mol. The number of benzene rings is 2. The summed E-state index contributed by atoms with van der Waals surface area (Å²) in [5, 5.41) is 0. The normalized spacial score (nSPS) is 16.1. The van der Waals surface area contributed by atoms with E-state index in [2.05, 4.69) is 70.2 Å². The van der Waals surface area contributed by atoms with Crippen LogP contribution in [0, 0.1) is 6.92 Å². The molecular formula is C17H19BrN2. The standard InChI is InChI=1S/C17H19BrN2/c1-12-8-13(6-7-16(12)18)17(9-19)20-10-14-4-2-3-5-15(14)11-20/h2-8,17H,9-11,19H2,1H3. The van der Waals surface area contributed by atoms with Gasteiger partial charge in [-0.3, -0.25) is 4.90 Å². The SMILES string of the molecule is Cc1cc(C(CN)N2Cc3ccccc3C2)ccc1Br. The summed E-state index contributed by atoms with van der Waals surface area (Å²) in [6.45, 7) is 4.76. The monoisotopic (exact) mass is 330 g/mol. The Morgan fingerprint density at radius 3 is 2.35 bits per heavy atom. The minimum atomic E-state index is 0.286. The third-order valence-corrected chi connectivity index (χ3v) is 4.99. The summed E-state index contributed by atoms with van der Waals surface area (Å²) in [5.74, 6) is 0. The van der Waals surface area contributed by atoms with Crippen LogP contribution in [-0.4, -0.2) is 11.4 Å². The fourth-order valence-corrected chi connectivity index (χ4v) is 3.20. The van der Waals surface area contributed by atoms with Crippen molar-refractivity contribution in [2.24, 2.45) is 5.73 Å². The molecule has 0 aliphatic carbocycles. The van der Waals surface area contributed by atoms with Crippen molar-refractivity contribution in [1.82, 2.24) is 4.90 Å². The predicted molar refractivity (Wildman–Crippen MR) is 86.4 cm³/mol. The van der Waals surface area contributed by atoms with Crippen molar-refractivity contribution in [3.05, 3.63) is 69.2 Å². The molecule has 0 spiro atoms. The Morgan fingerprint density at radius 1 is 1.15 bits per heavy atom. The molecule has 2 N–H and O–H groups in total. The number of nitrogens with two attached hydrogens (primary N) is 1. The van der Waals surface area contributed by atoms with E-state index < -0.39 is 0 Å². The molecule has 3 heteroatoms. The lowest BCUT2D eigenvalue weighted by molar-refractivity contribution is 0.205. The molecule has 1 unspecified atom stereocenters. The quantitative estimate of drug-likeness (QED) is 0.928. The molecule has 0 saturated heterocycles. The van der Waals surface area contributed by atoms with Gasteiger partial charge in [0.2, 0.25) is 0 Å². The Morgan fingerprint density at radius 2 is 1.80 bits per heavy atom. The third kappa shape index (κ3) is 2.53. The number of fused-ring (bicyclic) bond motifs is 1. The maximum Gasteiger partial charge on any atom is 0.0477 e. The summed E-state index contributed by atoms with van der Waals surface area (Å²) in [4.78, 5) is 2.47. The largest absolute Gasteiger partial charge is 0.329 e. The number of hydrogen-bond acceptors (Lipinski definition) is 2. The van der Waals surface area contributed by atoms with Crippen LogP contribution >= 0.6 is 15.9 Å². The van der Waals surface area contributed by atoms with Crippen LogP contribution in [0.15, 0.2) is 46.9 Å². The van der Waals surface area contributed by atoms with Crippen molar-refractivity contribution in [1.29, 1.82) is 0 Å². The summed E-state index contributed by atoms with van der Waals surface area (Å²) in [6.07, 6.45) is 0. The Balaban J connectivity index is 1.87. The van der Waals surface area contributed by atoms with E-state index in [0.717, 1.165) is 17.6 Å². The van der Waals surface area contributed by atoms with E-state index in [1.165, 1.54) is 22.3 Å². The van der Waals surface area contributed by atoms with Gasteiger partial charge in [0.25, 0.3) is 0 Å². The van der Waals surface area contributed by atoms with Crippen LogP contribution < -0.4 is 5.73 Å². The van der Waals surface area contributed by atoms with E-state index in [9.17, 15) is 0 Å². The molecule has 0 radical (unpaired) electrons. The Hall–Kier alpha value is -1.16. The zero-order valence-electron chi connectivity index (χ0n) is 11.6. The summed E-state index contributed by atoms with van der Waals surface area (Å²) in [7, 11) is 0. The molecule has 2 aromatic rings. The van der Waals surface area contributed by atoms with Gasteiger partial charge in [-0.1, -0.05) is 52.3 Å². The van der Waals surface area contributed by atoms with Gasteiger partial charge in [-0.25, -0.2) is 0 Å². The minimum absolute atomic E-state index is 0.286. The van der Waals surface area contributed by atoms with Gasteiger partial charge in [-0.15, -0.1) is 0 Å². The van der Waals surface area contributed by atoms with Crippen LogP contribution in [0.25, 0.3) is 0 Å². The van der Waals surface area contributed by atoms with Crippen LogP contribution in [0.2, 0.25) is 0 Å². The minimum Gasteiger partial charge on any atom is -0.329 e. The van der Waals surface area contributed by atoms with Crippen molar-refractivity contribution in [3.63, 3.8) is 0 Å². The molecular weight excluding hydrogens is 312 g/mol. The fraction of sp³-hybridized carbons (Fsp3) is 0.294. The molecule has 1 heterocycles. The molecule has 0 bridgehead atoms. The highest BCUT2D eigenvalue weighted by molar-refractivity contribution is 9.10. The molecule has 3 rings (SSSR count). The van der Waals surface area contributed by atoms with E-state index in [1.807, 2.05) is 0 Å². The molecule has 20 heavy (non-hydrogen) atoms. The van der Waals surface area contributed by atoms with E-state index in [-0.39, 0.29) is 6.04 Å². The number of halogens is 1.